The smallest absolute Gasteiger partial charge is 0.269 e. The van der Waals surface area contributed by atoms with Crippen molar-refractivity contribution in [2.45, 2.75) is 32.2 Å². The van der Waals surface area contributed by atoms with Gasteiger partial charge in [0.05, 0.1) is 4.92 Å². The number of nitrogens with one attached hydrogen (secondary N) is 1. The molecule has 0 aliphatic rings. The van der Waals surface area contributed by atoms with Crippen LogP contribution in [0.2, 0.25) is 0 Å². The number of non-ortho nitro benzene ring substituents is 1. The predicted octanol–water partition coefficient (Wildman–Crippen LogP) is 2.53. The first-order valence-corrected chi connectivity index (χ1v) is 5.54. The summed E-state index contributed by atoms with van der Waals surface area (Å²) in [6, 6.07) is 7.33. The van der Waals surface area contributed by atoms with E-state index in [4.69, 9.17) is 0 Å². The van der Waals surface area contributed by atoms with Crippen LogP contribution in [0.5, 0.6) is 0 Å². The Morgan fingerprint density at radius 1 is 1.38 bits per heavy atom. The van der Waals surface area contributed by atoms with E-state index in [0.717, 1.165) is 24.8 Å². The molecule has 0 aliphatic heterocycles. The Hall–Kier alpha value is -1.42. The molecular formula is C12H18N2O2. The van der Waals surface area contributed by atoms with Crippen LogP contribution in [0, 0.1) is 10.1 Å². The third-order valence-electron chi connectivity index (χ3n) is 2.74. The first kappa shape index (κ1) is 12.6. The van der Waals surface area contributed by atoms with Gasteiger partial charge in [-0.1, -0.05) is 12.1 Å². The van der Waals surface area contributed by atoms with Crippen LogP contribution < -0.4 is 5.32 Å². The normalized spacial score (nSPS) is 12.4. The van der Waals surface area contributed by atoms with E-state index in [2.05, 4.69) is 12.2 Å². The van der Waals surface area contributed by atoms with Crippen molar-refractivity contribution in [1.29, 1.82) is 0 Å². The molecule has 0 saturated carbocycles. The maximum Gasteiger partial charge on any atom is 0.269 e. The first-order valence-electron chi connectivity index (χ1n) is 5.54. The van der Waals surface area contributed by atoms with Crippen molar-refractivity contribution in [3.05, 3.63) is 39.9 Å². The summed E-state index contributed by atoms with van der Waals surface area (Å²) < 4.78 is 0. The summed E-state index contributed by atoms with van der Waals surface area (Å²) in [5.74, 6) is 0. The van der Waals surface area contributed by atoms with Crippen molar-refractivity contribution < 1.29 is 4.92 Å². The summed E-state index contributed by atoms with van der Waals surface area (Å²) in [5.41, 5.74) is 1.32. The molecule has 1 aromatic carbocycles. The van der Waals surface area contributed by atoms with Crippen molar-refractivity contribution in [2.75, 3.05) is 7.05 Å². The standard InChI is InChI=1S/C12H18N2O2/c1-10(13-2)4-3-5-11-6-8-12(9-7-11)14(15)16/h6-10,13H,3-5H2,1-2H3. The van der Waals surface area contributed by atoms with Crippen LogP contribution in [0.3, 0.4) is 0 Å². The molecule has 1 unspecified atom stereocenters. The van der Waals surface area contributed by atoms with Crippen molar-refractivity contribution in [3.63, 3.8) is 0 Å². The second-order valence-electron chi connectivity index (χ2n) is 4.01. The molecule has 0 saturated heterocycles. The summed E-state index contributed by atoms with van der Waals surface area (Å²) in [5, 5.41) is 13.6. The Kier molecular flexibility index (Phi) is 4.92. The van der Waals surface area contributed by atoms with Crippen LogP contribution in [0.15, 0.2) is 24.3 Å². The van der Waals surface area contributed by atoms with E-state index in [0.29, 0.717) is 6.04 Å². The fraction of sp³-hybridized carbons (Fsp3) is 0.500. The lowest BCUT2D eigenvalue weighted by Crippen LogP contribution is -2.20. The van der Waals surface area contributed by atoms with E-state index in [1.165, 1.54) is 0 Å². The number of nitro groups is 1. The number of hydrogen-bond donors (Lipinski definition) is 1. The van der Waals surface area contributed by atoms with Gasteiger partial charge >= 0.3 is 0 Å². The largest absolute Gasteiger partial charge is 0.317 e. The van der Waals surface area contributed by atoms with Gasteiger partial charge in [0.15, 0.2) is 0 Å². The Morgan fingerprint density at radius 2 is 2.00 bits per heavy atom. The van der Waals surface area contributed by atoms with E-state index in [1.54, 1.807) is 12.1 Å². The lowest BCUT2D eigenvalue weighted by molar-refractivity contribution is -0.384. The molecule has 4 nitrogen and oxygen atoms in total. The molecular weight excluding hydrogens is 204 g/mol. The summed E-state index contributed by atoms with van der Waals surface area (Å²) in [7, 11) is 1.95. The molecule has 0 radical (unpaired) electrons. The van der Waals surface area contributed by atoms with Gasteiger partial charge < -0.3 is 5.32 Å². The van der Waals surface area contributed by atoms with Gasteiger partial charge in [-0.15, -0.1) is 0 Å². The highest BCUT2D eigenvalue weighted by molar-refractivity contribution is 5.32. The predicted molar refractivity (Wildman–Crippen MR) is 64.6 cm³/mol. The lowest BCUT2D eigenvalue weighted by Gasteiger charge is -2.09. The molecule has 16 heavy (non-hydrogen) atoms. The quantitative estimate of drug-likeness (QED) is 0.594. The molecule has 0 amide bonds. The molecule has 4 heteroatoms. The molecule has 0 spiro atoms. The highest BCUT2D eigenvalue weighted by Gasteiger charge is 2.04. The topological polar surface area (TPSA) is 55.2 Å². The molecule has 1 N–H and O–H groups in total. The number of nitro benzene ring substituents is 1. The Balaban J connectivity index is 2.40. The second-order valence-corrected chi connectivity index (χ2v) is 4.01. The minimum atomic E-state index is -0.368. The molecule has 0 heterocycles. The third kappa shape index (κ3) is 3.98. The van der Waals surface area contributed by atoms with Crippen molar-refractivity contribution in [2.24, 2.45) is 0 Å². The summed E-state index contributed by atoms with van der Waals surface area (Å²) in [4.78, 5) is 10.1. The Labute approximate surface area is 95.8 Å². The summed E-state index contributed by atoms with van der Waals surface area (Å²) in [6.45, 7) is 2.15. The van der Waals surface area contributed by atoms with Crippen molar-refractivity contribution in [3.8, 4) is 0 Å². The van der Waals surface area contributed by atoms with Gasteiger partial charge in [0.2, 0.25) is 0 Å². The first-order chi connectivity index (χ1) is 7.63. The minimum Gasteiger partial charge on any atom is -0.317 e. The summed E-state index contributed by atoms with van der Waals surface area (Å²) in [6.07, 6.45) is 3.19. The van der Waals surface area contributed by atoms with Crippen molar-refractivity contribution >= 4 is 5.69 Å². The average molecular weight is 222 g/mol. The van der Waals surface area contributed by atoms with Crippen molar-refractivity contribution in [1.82, 2.24) is 5.32 Å². The van der Waals surface area contributed by atoms with E-state index in [-0.39, 0.29) is 10.6 Å². The lowest BCUT2D eigenvalue weighted by atomic mass is 10.1. The number of benzene rings is 1. The molecule has 88 valence electrons. The highest BCUT2D eigenvalue weighted by Crippen LogP contribution is 2.13. The second kappa shape index (κ2) is 6.23. The van der Waals surface area contributed by atoms with Crippen LogP contribution in [0.25, 0.3) is 0 Å². The zero-order chi connectivity index (χ0) is 12.0. The van der Waals surface area contributed by atoms with Crippen LogP contribution in [0.4, 0.5) is 5.69 Å². The molecule has 1 atom stereocenters. The number of rotatable bonds is 6. The minimum absolute atomic E-state index is 0.160. The zero-order valence-electron chi connectivity index (χ0n) is 9.77. The maximum atomic E-state index is 10.5. The average Bonchev–Trinajstić information content (AvgIpc) is 2.29. The number of nitrogens with zero attached hydrogens (tertiary/aromatic N) is 1. The fourth-order valence-electron chi connectivity index (χ4n) is 1.54. The molecule has 1 aromatic rings. The van der Waals surface area contributed by atoms with Gasteiger partial charge in [-0.25, -0.2) is 0 Å². The zero-order valence-corrected chi connectivity index (χ0v) is 9.77. The van der Waals surface area contributed by atoms with E-state index < -0.39 is 0 Å². The van der Waals surface area contributed by atoms with Gasteiger partial charge in [0.25, 0.3) is 5.69 Å². The van der Waals surface area contributed by atoms with Gasteiger partial charge in [-0.2, -0.15) is 0 Å². The number of aryl methyl sites for hydroxylation is 1. The highest BCUT2D eigenvalue weighted by atomic mass is 16.6. The monoisotopic (exact) mass is 222 g/mol. The fourth-order valence-corrected chi connectivity index (χ4v) is 1.54. The van der Waals surface area contributed by atoms with E-state index in [1.807, 2.05) is 19.2 Å². The summed E-state index contributed by atoms with van der Waals surface area (Å²) >= 11 is 0. The van der Waals surface area contributed by atoms with Gasteiger partial charge in [0.1, 0.15) is 0 Å². The van der Waals surface area contributed by atoms with Gasteiger partial charge in [-0.05, 0) is 38.8 Å². The molecule has 0 aliphatic carbocycles. The van der Waals surface area contributed by atoms with E-state index >= 15 is 0 Å². The van der Waals surface area contributed by atoms with Crippen LogP contribution >= 0.6 is 0 Å². The van der Waals surface area contributed by atoms with Crippen LogP contribution in [-0.4, -0.2) is 18.0 Å². The molecule has 0 bridgehead atoms. The Bertz CT molecular complexity index is 335. The maximum absolute atomic E-state index is 10.5. The van der Waals surface area contributed by atoms with Crippen LogP contribution in [0.1, 0.15) is 25.3 Å². The number of hydrogen-bond acceptors (Lipinski definition) is 3. The van der Waals surface area contributed by atoms with Crippen LogP contribution in [-0.2, 0) is 6.42 Å². The van der Waals surface area contributed by atoms with E-state index in [9.17, 15) is 10.1 Å². The molecule has 0 fully saturated rings. The Morgan fingerprint density at radius 3 is 2.50 bits per heavy atom. The molecule has 1 rings (SSSR count). The SMILES string of the molecule is CNC(C)CCCc1ccc([N+](=O)[O-])cc1. The van der Waals surface area contributed by atoms with Gasteiger partial charge in [0, 0.05) is 18.2 Å². The van der Waals surface area contributed by atoms with Gasteiger partial charge in [-0.3, -0.25) is 10.1 Å². The molecule has 0 aromatic heterocycles. The third-order valence-corrected chi connectivity index (χ3v) is 2.74.